The Kier molecular flexibility index (Phi) is 6.65. The van der Waals surface area contributed by atoms with Crippen LogP contribution in [-0.2, 0) is 13.1 Å². The van der Waals surface area contributed by atoms with E-state index in [9.17, 15) is 4.39 Å². The minimum Gasteiger partial charge on any atom is -0.497 e. The van der Waals surface area contributed by atoms with E-state index in [4.69, 9.17) is 9.72 Å². The summed E-state index contributed by atoms with van der Waals surface area (Å²) in [6.45, 7) is 1.48. The van der Waals surface area contributed by atoms with E-state index in [1.54, 1.807) is 0 Å². The van der Waals surface area contributed by atoms with Crippen LogP contribution in [0.2, 0.25) is 0 Å². The minimum absolute atomic E-state index is 0.349. The number of halogens is 1. The van der Waals surface area contributed by atoms with Crippen LogP contribution in [0.1, 0.15) is 11.1 Å². The molecule has 0 saturated carbocycles. The van der Waals surface area contributed by atoms with Gasteiger partial charge in [-0.2, -0.15) is 5.10 Å². The Labute approximate surface area is 241 Å². The van der Waals surface area contributed by atoms with Crippen molar-refractivity contribution in [3.8, 4) is 39.5 Å². The summed E-state index contributed by atoms with van der Waals surface area (Å²) in [5.41, 5.74) is 9.71. The smallest absolute Gasteiger partial charge is 0.135 e. The molecule has 3 aromatic carbocycles. The number of rotatable bonds is 8. The third-order valence-electron chi connectivity index (χ3n) is 7.34. The maximum atomic E-state index is 14.3. The summed E-state index contributed by atoms with van der Waals surface area (Å²) in [7, 11) is 1.53. The lowest BCUT2D eigenvalue weighted by molar-refractivity contribution is 0.411. The van der Waals surface area contributed by atoms with Crippen molar-refractivity contribution < 1.29 is 9.13 Å². The average Bonchev–Trinajstić information content (AvgIpc) is 3.65. The molecule has 3 N–H and O–H groups in total. The normalized spacial score (nSPS) is 11.4. The largest absolute Gasteiger partial charge is 0.497 e. The molecule has 0 bridgehead atoms. The van der Waals surface area contributed by atoms with E-state index in [1.165, 1.54) is 24.8 Å². The van der Waals surface area contributed by atoms with Gasteiger partial charge in [-0.1, -0.05) is 42.5 Å². The predicted molar refractivity (Wildman–Crippen MR) is 163 cm³/mol. The molecule has 7 aromatic rings. The molecule has 7 rings (SSSR count). The SMILES string of the molecule is COc1cc(F)cc(-c2cccc3[nH]c(-c4n[nH]c5ccc(-c6cncc(CNCc7ccccc7)c6)nc45)cc23)c1. The first kappa shape index (κ1) is 25.6. The quantitative estimate of drug-likeness (QED) is 0.184. The van der Waals surface area contributed by atoms with Crippen molar-refractivity contribution in [2.75, 3.05) is 7.11 Å². The van der Waals surface area contributed by atoms with Gasteiger partial charge in [-0.05, 0) is 64.7 Å². The van der Waals surface area contributed by atoms with Crippen molar-refractivity contribution in [1.82, 2.24) is 30.5 Å². The first-order chi connectivity index (χ1) is 20.6. The molecule has 0 atom stereocenters. The summed E-state index contributed by atoms with van der Waals surface area (Å²) in [6.07, 6.45) is 3.71. The maximum absolute atomic E-state index is 14.3. The molecule has 206 valence electrons. The fourth-order valence-electron chi connectivity index (χ4n) is 5.29. The number of fused-ring (bicyclic) bond motifs is 2. The number of aromatic nitrogens is 5. The number of ether oxygens (including phenoxy) is 1. The monoisotopic (exact) mass is 554 g/mol. The van der Waals surface area contributed by atoms with Crippen molar-refractivity contribution in [3.63, 3.8) is 0 Å². The third kappa shape index (κ3) is 5.00. The zero-order valence-corrected chi connectivity index (χ0v) is 22.9. The average molecular weight is 555 g/mol. The van der Waals surface area contributed by atoms with Crippen LogP contribution in [-0.4, -0.2) is 32.3 Å². The van der Waals surface area contributed by atoms with Gasteiger partial charge < -0.3 is 15.0 Å². The predicted octanol–water partition coefficient (Wildman–Crippen LogP) is 7.27. The minimum atomic E-state index is -0.349. The Balaban J connectivity index is 1.21. The Morgan fingerprint density at radius 1 is 0.810 bits per heavy atom. The summed E-state index contributed by atoms with van der Waals surface area (Å²) in [5, 5.41) is 12.1. The number of hydrogen-bond acceptors (Lipinski definition) is 5. The van der Waals surface area contributed by atoms with E-state index in [0.717, 1.165) is 62.1 Å². The van der Waals surface area contributed by atoms with Crippen molar-refractivity contribution in [3.05, 3.63) is 120 Å². The van der Waals surface area contributed by atoms with Gasteiger partial charge in [0.15, 0.2) is 0 Å². The molecule has 0 saturated heterocycles. The highest BCUT2D eigenvalue weighted by Gasteiger charge is 2.16. The highest BCUT2D eigenvalue weighted by atomic mass is 19.1. The summed E-state index contributed by atoms with van der Waals surface area (Å²) in [5.74, 6) is 0.121. The molecule has 4 aromatic heterocycles. The number of benzene rings is 3. The van der Waals surface area contributed by atoms with Crippen LogP contribution >= 0.6 is 0 Å². The van der Waals surface area contributed by atoms with Crippen LogP contribution in [0, 0.1) is 5.82 Å². The third-order valence-corrected chi connectivity index (χ3v) is 7.34. The van der Waals surface area contributed by atoms with Gasteiger partial charge in [0.1, 0.15) is 22.8 Å². The van der Waals surface area contributed by atoms with Gasteiger partial charge in [0.05, 0.1) is 24.0 Å². The van der Waals surface area contributed by atoms with Gasteiger partial charge in [-0.3, -0.25) is 10.1 Å². The lowest BCUT2D eigenvalue weighted by Gasteiger charge is -2.07. The van der Waals surface area contributed by atoms with Crippen LogP contribution in [0.25, 0.3) is 55.7 Å². The molecule has 7 nitrogen and oxygen atoms in total. The Bertz CT molecular complexity index is 2030. The summed E-state index contributed by atoms with van der Waals surface area (Å²) >= 11 is 0. The van der Waals surface area contributed by atoms with Gasteiger partial charge in [0.2, 0.25) is 0 Å². The topological polar surface area (TPSA) is 91.5 Å². The molecule has 0 fully saturated rings. The van der Waals surface area contributed by atoms with Crippen LogP contribution in [0.3, 0.4) is 0 Å². The molecule has 0 amide bonds. The molecule has 0 aliphatic rings. The fraction of sp³-hybridized carbons (Fsp3) is 0.0882. The van der Waals surface area contributed by atoms with E-state index in [1.807, 2.05) is 73.1 Å². The molecular weight excluding hydrogens is 527 g/mol. The standard InChI is InChI=1S/C34H27FN6O/c1-42-26-14-23(13-25(35)15-26)27-8-5-9-30-28(27)16-32(38-30)34-33-31(40-41-34)11-10-29(39-33)24-12-22(19-37-20-24)18-36-17-21-6-3-2-4-7-21/h2-16,19-20,36,38H,17-18H2,1H3,(H,40,41). The van der Waals surface area contributed by atoms with Gasteiger partial charge in [-0.25, -0.2) is 9.37 Å². The van der Waals surface area contributed by atoms with Crippen LogP contribution < -0.4 is 10.1 Å². The molecule has 42 heavy (non-hydrogen) atoms. The molecule has 0 aliphatic heterocycles. The fourth-order valence-corrected chi connectivity index (χ4v) is 5.29. The van der Waals surface area contributed by atoms with Gasteiger partial charge in [-0.15, -0.1) is 0 Å². The van der Waals surface area contributed by atoms with E-state index in [0.29, 0.717) is 18.0 Å². The molecular formula is C34H27FN6O. The second-order valence-electron chi connectivity index (χ2n) is 10.2. The Morgan fingerprint density at radius 2 is 1.69 bits per heavy atom. The number of H-pyrrole nitrogens is 2. The van der Waals surface area contributed by atoms with Crippen molar-refractivity contribution in [1.29, 1.82) is 0 Å². The second-order valence-corrected chi connectivity index (χ2v) is 10.2. The van der Waals surface area contributed by atoms with Gasteiger partial charge in [0.25, 0.3) is 0 Å². The molecule has 4 heterocycles. The van der Waals surface area contributed by atoms with E-state index < -0.39 is 0 Å². The van der Waals surface area contributed by atoms with Crippen molar-refractivity contribution >= 4 is 21.9 Å². The van der Waals surface area contributed by atoms with Crippen molar-refractivity contribution in [2.24, 2.45) is 0 Å². The van der Waals surface area contributed by atoms with Gasteiger partial charge >= 0.3 is 0 Å². The zero-order valence-electron chi connectivity index (χ0n) is 22.9. The Hall–Kier alpha value is -5.34. The molecule has 8 heteroatoms. The van der Waals surface area contributed by atoms with E-state index >= 15 is 0 Å². The number of pyridine rings is 2. The second kappa shape index (κ2) is 10.9. The summed E-state index contributed by atoms with van der Waals surface area (Å²) in [4.78, 5) is 13.0. The van der Waals surface area contributed by atoms with Crippen LogP contribution in [0.5, 0.6) is 5.75 Å². The highest BCUT2D eigenvalue weighted by Crippen LogP contribution is 2.35. The number of methoxy groups -OCH3 is 1. The van der Waals surface area contributed by atoms with Crippen LogP contribution in [0.4, 0.5) is 4.39 Å². The molecule has 0 spiro atoms. The lowest BCUT2D eigenvalue weighted by Crippen LogP contribution is -2.12. The highest BCUT2D eigenvalue weighted by molar-refractivity contribution is 6.00. The molecule has 0 unspecified atom stereocenters. The number of hydrogen-bond donors (Lipinski definition) is 3. The number of nitrogens with zero attached hydrogens (tertiary/aromatic N) is 3. The van der Waals surface area contributed by atoms with E-state index in [-0.39, 0.29) is 5.82 Å². The van der Waals surface area contributed by atoms with Crippen molar-refractivity contribution in [2.45, 2.75) is 13.1 Å². The molecule has 0 aliphatic carbocycles. The van der Waals surface area contributed by atoms with Crippen LogP contribution in [0.15, 0.2) is 103 Å². The zero-order chi connectivity index (χ0) is 28.5. The lowest BCUT2D eigenvalue weighted by atomic mass is 10.0. The first-order valence-corrected chi connectivity index (χ1v) is 13.7. The summed E-state index contributed by atoms with van der Waals surface area (Å²) in [6, 6.07) is 29.1. The first-order valence-electron chi connectivity index (χ1n) is 13.7. The molecule has 0 radical (unpaired) electrons. The Morgan fingerprint density at radius 3 is 2.57 bits per heavy atom. The number of nitrogens with one attached hydrogen (secondary N) is 3. The van der Waals surface area contributed by atoms with Gasteiger partial charge in [0, 0.05) is 48.0 Å². The number of aromatic amines is 2. The summed E-state index contributed by atoms with van der Waals surface area (Å²) < 4.78 is 19.6. The maximum Gasteiger partial charge on any atom is 0.135 e. The van der Waals surface area contributed by atoms with E-state index in [2.05, 4.69) is 43.7 Å².